The molecule has 2 amide bonds. The summed E-state index contributed by atoms with van der Waals surface area (Å²) >= 11 is 0. The Labute approximate surface area is 154 Å². The maximum Gasteiger partial charge on any atom is 0.278 e. The first-order valence-corrected chi connectivity index (χ1v) is 8.88. The van der Waals surface area contributed by atoms with Crippen molar-refractivity contribution in [1.82, 2.24) is 4.90 Å². The minimum Gasteiger partial charge on any atom is -0.350 e. The predicted molar refractivity (Wildman–Crippen MR) is 104 cm³/mol. The molecule has 0 radical (unpaired) electrons. The van der Waals surface area contributed by atoms with E-state index in [4.69, 9.17) is 0 Å². The van der Waals surface area contributed by atoms with Gasteiger partial charge in [-0.1, -0.05) is 61.9 Å². The lowest BCUT2D eigenvalue weighted by atomic mass is 10.0. The molecule has 4 nitrogen and oxygen atoms in total. The van der Waals surface area contributed by atoms with Crippen molar-refractivity contribution >= 4 is 23.1 Å². The van der Waals surface area contributed by atoms with Gasteiger partial charge in [0.1, 0.15) is 5.70 Å². The second kappa shape index (κ2) is 7.16. The van der Waals surface area contributed by atoms with Crippen LogP contribution in [0.5, 0.6) is 0 Å². The fourth-order valence-electron chi connectivity index (χ4n) is 3.06. The van der Waals surface area contributed by atoms with Gasteiger partial charge in [0, 0.05) is 12.2 Å². The van der Waals surface area contributed by atoms with E-state index < -0.39 is 0 Å². The molecular formula is C22H24N2O2. The topological polar surface area (TPSA) is 49.4 Å². The summed E-state index contributed by atoms with van der Waals surface area (Å²) in [7, 11) is 0. The first kappa shape index (κ1) is 17.9. The molecule has 1 N–H and O–H groups in total. The largest absolute Gasteiger partial charge is 0.350 e. The number of benzene rings is 2. The minimum atomic E-state index is -0.262. The maximum absolute atomic E-state index is 13.0. The molecule has 26 heavy (non-hydrogen) atoms. The quantitative estimate of drug-likeness (QED) is 0.826. The number of amides is 2. The molecular weight excluding hydrogens is 324 g/mol. The van der Waals surface area contributed by atoms with Crippen LogP contribution >= 0.6 is 0 Å². The van der Waals surface area contributed by atoms with Crippen molar-refractivity contribution in [1.29, 1.82) is 0 Å². The van der Waals surface area contributed by atoms with Crippen LogP contribution in [0.4, 0.5) is 5.69 Å². The average Bonchev–Trinajstić information content (AvgIpc) is 2.82. The zero-order valence-corrected chi connectivity index (χ0v) is 15.7. The highest BCUT2D eigenvalue weighted by atomic mass is 16.2. The lowest BCUT2D eigenvalue weighted by molar-refractivity contribution is -0.137. The van der Waals surface area contributed by atoms with Gasteiger partial charge in [0.05, 0.1) is 5.57 Å². The van der Waals surface area contributed by atoms with Gasteiger partial charge in [-0.3, -0.25) is 14.5 Å². The average molecular weight is 348 g/mol. The first-order valence-electron chi connectivity index (χ1n) is 8.88. The molecule has 1 aliphatic rings. The van der Waals surface area contributed by atoms with E-state index in [9.17, 15) is 9.59 Å². The molecule has 0 unspecified atom stereocenters. The third-order valence-corrected chi connectivity index (χ3v) is 4.46. The standard InChI is InChI=1S/C22H24N2O2/c1-14(2)13-24-21(25)19(17-11-9-15(3)10-12-17)20(22(24)26)23-18-8-6-5-7-16(18)4/h5-12,14,23H,13H2,1-4H3. The minimum absolute atomic E-state index is 0.208. The summed E-state index contributed by atoms with van der Waals surface area (Å²) in [5, 5.41) is 3.22. The van der Waals surface area contributed by atoms with Crippen LogP contribution in [0.2, 0.25) is 0 Å². The van der Waals surface area contributed by atoms with E-state index in [-0.39, 0.29) is 17.7 Å². The Bertz CT molecular complexity index is 879. The molecule has 1 aliphatic heterocycles. The van der Waals surface area contributed by atoms with Crippen LogP contribution in [0.1, 0.15) is 30.5 Å². The van der Waals surface area contributed by atoms with E-state index >= 15 is 0 Å². The normalized spacial score (nSPS) is 14.6. The van der Waals surface area contributed by atoms with Gasteiger partial charge >= 0.3 is 0 Å². The summed E-state index contributed by atoms with van der Waals surface area (Å²) in [6.45, 7) is 8.38. The van der Waals surface area contributed by atoms with E-state index in [0.29, 0.717) is 17.8 Å². The molecule has 0 bridgehead atoms. The number of para-hydroxylation sites is 1. The second-order valence-corrected chi connectivity index (χ2v) is 7.17. The maximum atomic E-state index is 13.0. The van der Waals surface area contributed by atoms with Gasteiger partial charge in [0.25, 0.3) is 11.8 Å². The van der Waals surface area contributed by atoms with Crippen molar-refractivity contribution in [3.63, 3.8) is 0 Å². The van der Waals surface area contributed by atoms with Crippen molar-refractivity contribution in [3.05, 3.63) is 70.9 Å². The molecule has 0 saturated heterocycles. The number of imide groups is 1. The Kier molecular flexibility index (Phi) is 4.94. The van der Waals surface area contributed by atoms with E-state index in [1.165, 1.54) is 4.90 Å². The highest BCUT2D eigenvalue weighted by molar-refractivity contribution is 6.36. The molecule has 3 rings (SSSR count). The number of aryl methyl sites for hydroxylation is 2. The third kappa shape index (κ3) is 3.40. The van der Waals surface area contributed by atoms with Crippen molar-refractivity contribution in [2.24, 2.45) is 5.92 Å². The Morgan fingerprint density at radius 2 is 1.58 bits per heavy atom. The van der Waals surface area contributed by atoms with Crippen LogP contribution in [0.25, 0.3) is 5.57 Å². The smallest absolute Gasteiger partial charge is 0.278 e. The van der Waals surface area contributed by atoms with Gasteiger partial charge in [-0.25, -0.2) is 0 Å². The summed E-state index contributed by atoms with van der Waals surface area (Å²) < 4.78 is 0. The van der Waals surface area contributed by atoms with E-state index in [1.807, 2.05) is 76.2 Å². The monoisotopic (exact) mass is 348 g/mol. The first-order chi connectivity index (χ1) is 12.4. The van der Waals surface area contributed by atoms with Crippen LogP contribution in [-0.4, -0.2) is 23.3 Å². The van der Waals surface area contributed by atoms with Crippen LogP contribution in [-0.2, 0) is 9.59 Å². The lowest BCUT2D eigenvalue weighted by Gasteiger charge is -2.17. The van der Waals surface area contributed by atoms with Crippen molar-refractivity contribution in [2.45, 2.75) is 27.7 Å². The summed E-state index contributed by atoms with van der Waals surface area (Å²) in [6, 6.07) is 15.5. The van der Waals surface area contributed by atoms with Gasteiger partial charge < -0.3 is 5.32 Å². The predicted octanol–water partition coefficient (Wildman–Crippen LogP) is 4.15. The molecule has 4 heteroatoms. The SMILES string of the molecule is Cc1ccc(C2=C(Nc3ccccc3C)C(=O)N(CC(C)C)C2=O)cc1. The molecule has 2 aromatic carbocycles. The van der Waals surface area contributed by atoms with Gasteiger partial charge in [-0.2, -0.15) is 0 Å². The number of nitrogens with zero attached hydrogens (tertiary/aromatic N) is 1. The highest BCUT2D eigenvalue weighted by Crippen LogP contribution is 2.31. The molecule has 0 saturated carbocycles. The number of hydrogen-bond acceptors (Lipinski definition) is 3. The van der Waals surface area contributed by atoms with Crippen LogP contribution in [0.3, 0.4) is 0 Å². The molecule has 0 aliphatic carbocycles. The number of rotatable bonds is 5. The van der Waals surface area contributed by atoms with Crippen LogP contribution in [0.15, 0.2) is 54.2 Å². The molecule has 0 spiro atoms. The zero-order valence-electron chi connectivity index (χ0n) is 15.7. The molecule has 2 aromatic rings. The van der Waals surface area contributed by atoms with E-state index in [2.05, 4.69) is 5.32 Å². The van der Waals surface area contributed by atoms with Crippen molar-refractivity contribution in [3.8, 4) is 0 Å². The van der Waals surface area contributed by atoms with E-state index in [1.54, 1.807) is 0 Å². The Hall–Kier alpha value is -2.88. The van der Waals surface area contributed by atoms with Gasteiger partial charge in [-0.05, 0) is 37.0 Å². The van der Waals surface area contributed by atoms with Crippen molar-refractivity contribution < 1.29 is 9.59 Å². The summed E-state index contributed by atoms with van der Waals surface area (Å²) in [4.78, 5) is 27.4. The van der Waals surface area contributed by atoms with Gasteiger partial charge in [0.2, 0.25) is 0 Å². The molecule has 0 fully saturated rings. The summed E-state index contributed by atoms with van der Waals surface area (Å²) in [5.74, 6) is -0.286. The lowest BCUT2D eigenvalue weighted by Crippen LogP contribution is -2.35. The van der Waals surface area contributed by atoms with Crippen LogP contribution < -0.4 is 5.32 Å². The van der Waals surface area contributed by atoms with Gasteiger partial charge in [0.15, 0.2) is 0 Å². The Balaban J connectivity index is 2.08. The molecule has 134 valence electrons. The number of hydrogen-bond donors (Lipinski definition) is 1. The summed E-state index contributed by atoms with van der Waals surface area (Å²) in [6.07, 6.45) is 0. The second-order valence-electron chi connectivity index (χ2n) is 7.17. The number of carbonyl (C=O) groups excluding carboxylic acids is 2. The summed E-state index contributed by atoms with van der Waals surface area (Å²) in [5.41, 5.74) is 4.52. The highest BCUT2D eigenvalue weighted by Gasteiger charge is 2.39. The third-order valence-electron chi connectivity index (χ3n) is 4.46. The molecule has 1 heterocycles. The Morgan fingerprint density at radius 1 is 0.923 bits per heavy atom. The molecule has 0 atom stereocenters. The van der Waals surface area contributed by atoms with Gasteiger partial charge in [-0.15, -0.1) is 0 Å². The van der Waals surface area contributed by atoms with Crippen LogP contribution in [0, 0.1) is 19.8 Å². The zero-order chi connectivity index (χ0) is 18.8. The number of carbonyl (C=O) groups is 2. The van der Waals surface area contributed by atoms with Crippen molar-refractivity contribution in [2.75, 3.05) is 11.9 Å². The van der Waals surface area contributed by atoms with E-state index in [0.717, 1.165) is 22.4 Å². The number of nitrogens with one attached hydrogen (secondary N) is 1. The number of anilines is 1. The fourth-order valence-corrected chi connectivity index (χ4v) is 3.06. The fraction of sp³-hybridized carbons (Fsp3) is 0.273. The Morgan fingerprint density at radius 3 is 2.19 bits per heavy atom. The molecule has 0 aromatic heterocycles.